The van der Waals surface area contributed by atoms with Crippen molar-refractivity contribution in [2.45, 2.75) is 38.4 Å². The van der Waals surface area contributed by atoms with Crippen molar-refractivity contribution in [2.75, 3.05) is 37.8 Å². The highest BCUT2D eigenvalue weighted by Gasteiger charge is 2.31. The van der Waals surface area contributed by atoms with Crippen molar-refractivity contribution in [1.82, 2.24) is 14.9 Å². The van der Waals surface area contributed by atoms with Crippen molar-refractivity contribution >= 4 is 22.5 Å². The van der Waals surface area contributed by atoms with Gasteiger partial charge in [0.2, 0.25) is 0 Å². The third kappa shape index (κ3) is 2.49. The molecular weight excluding hydrogens is 305 g/mol. The molecule has 128 valence electrons. The summed E-state index contributed by atoms with van der Waals surface area (Å²) in [5.74, 6) is 0.694. The second-order valence-corrected chi connectivity index (χ2v) is 7.01. The van der Waals surface area contributed by atoms with Crippen molar-refractivity contribution in [3.63, 3.8) is 0 Å². The van der Waals surface area contributed by atoms with E-state index in [0.717, 1.165) is 36.0 Å². The Kier molecular flexibility index (Phi) is 3.79. The van der Waals surface area contributed by atoms with Gasteiger partial charge in [-0.1, -0.05) is 0 Å². The van der Waals surface area contributed by atoms with Crippen LogP contribution in [0.15, 0.2) is 6.07 Å². The van der Waals surface area contributed by atoms with Crippen LogP contribution in [0.2, 0.25) is 0 Å². The largest absolute Gasteiger partial charge is 0.387 e. The van der Waals surface area contributed by atoms with E-state index in [2.05, 4.69) is 17.6 Å². The first-order chi connectivity index (χ1) is 11.6. The summed E-state index contributed by atoms with van der Waals surface area (Å²) in [5, 5.41) is 7.62. The number of likely N-dealkylation sites (tertiary alicyclic amines) is 1. The average molecular weight is 329 g/mol. The zero-order valence-electron chi connectivity index (χ0n) is 14.5. The van der Waals surface area contributed by atoms with Crippen LogP contribution in [0.3, 0.4) is 0 Å². The van der Waals surface area contributed by atoms with Gasteiger partial charge >= 0.3 is 0 Å². The quantitative estimate of drug-likeness (QED) is 0.906. The van der Waals surface area contributed by atoms with Crippen LogP contribution >= 0.6 is 0 Å². The van der Waals surface area contributed by atoms with Gasteiger partial charge in [0.05, 0.1) is 6.04 Å². The number of alkyl halides is 1. The summed E-state index contributed by atoms with van der Waals surface area (Å²) in [6.07, 6.45) is 2.42. The maximum atomic E-state index is 14.1. The first-order valence-electron chi connectivity index (χ1n) is 8.67. The van der Waals surface area contributed by atoms with Crippen LogP contribution in [0.25, 0.3) is 11.0 Å². The molecule has 0 spiro atoms. The van der Waals surface area contributed by atoms with Crippen molar-refractivity contribution in [2.24, 2.45) is 0 Å². The molecule has 1 saturated heterocycles. The molecular formula is C18H24FN5. The number of nitrogens with zero attached hydrogens (tertiary/aromatic N) is 3. The van der Waals surface area contributed by atoms with E-state index in [9.17, 15) is 4.39 Å². The molecule has 0 saturated carbocycles. The molecule has 5 nitrogen and oxygen atoms in total. The number of aromatic nitrogens is 2. The van der Waals surface area contributed by atoms with E-state index < -0.39 is 6.17 Å². The lowest BCUT2D eigenvalue weighted by molar-refractivity contribution is 0.314. The molecule has 0 radical (unpaired) electrons. The Bertz CT molecular complexity index is 791. The van der Waals surface area contributed by atoms with Gasteiger partial charge in [-0.2, -0.15) is 0 Å². The van der Waals surface area contributed by atoms with Gasteiger partial charge in [-0.05, 0) is 44.4 Å². The van der Waals surface area contributed by atoms with Gasteiger partial charge in [0.25, 0.3) is 0 Å². The number of halogens is 1. The number of anilines is 2. The minimum atomic E-state index is -0.875. The molecule has 0 aromatic carbocycles. The minimum Gasteiger partial charge on any atom is -0.387 e. The van der Waals surface area contributed by atoms with Gasteiger partial charge < -0.3 is 15.5 Å². The normalized spacial score (nSPS) is 23.7. The molecule has 6 heteroatoms. The van der Waals surface area contributed by atoms with Gasteiger partial charge in [-0.3, -0.25) is 0 Å². The highest BCUT2D eigenvalue weighted by molar-refractivity contribution is 5.94. The van der Waals surface area contributed by atoms with Crippen LogP contribution in [0, 0.1) is 6.92 Å². The molecule has 1 aliphatic heterocycles. The second kappa shape index (κ2) is 5.84. The Labute approximate surface area is 141 Å². The zero-order valence-corrected chi connectivity index (χ0v) is 14.5. The standard InChI is InChI=1S/C18H24FN5/c1-10-11-5-4-6-13(11)22-18-17(10)14(20-2)7-16(23-18)21-15-9-24(3)8-12(15)19/h7,12,15H,4-6,8-9H2,1-3H3,(H2,20,21,22,23)/t12-,15+/m1/s1. The smallest absolute Gasteiger partial charge is 0.164 e. The summed E-state index contributed by atoms with van der Waals surface area (Å²) in [6, 6.07) is 1.75. The zero-order chi connectivity index (χ0) is 16.8. The Hall–Kier alpha value is -1.95. The van der Waals surface area contributed by atoms with E-state index in [-0.39, 0.29) is 6.04 Å². The van der Waals surface area contributed by atoms with E-state index >= 15 is 0 Å². The summed E-state index contributed by atoms with van der Waals surface area (Å²) in [6.45, 7) is 3.31. The number of hydrogen-bond donors (Lipinski definition) is 2. The van der Waals surface area contributed by atoms with Crippen molar-refractivity contribution in [3.8, 4) is 0 Å². The molecule has 1 fully saturated rings. The predicted octanol–water partition coefficient (Wildman–Crippen LogP) is 2.53. The van der Waals surface area contributed by atoms with Crippen LogP contribution < -0.4 is 10.6 Å². The molecule has 2 aromatic rings. The van der Waals surface area contributed by atoms with E-state index in [1.165, 1.54) is 16.8 Å². The van der Waals surface area contributed by atoms with E-state index in [0.29, 0.717) is 18.9 Å². The highest BCUT2D eigenvalue weighted by Crippen LogP contribution is 2.34. The van der Waals surface area contributed by atoms with Crippen LogP contribution in [0.4, 0.5) is 15.9 Å². The van der Waals surface area contributed by atoms with Gasteiger partial charge in [-0.25, -0.2) is 14.4 Å². The third-order valence-electron chi connectivity index (χ3n) is 5.29. The van der Waals surface area contributed by atoms with Gasteiger partial charge in [0.15, 0.2) is 5.65 Å². The van der Waals surface area contributed by atoms with Crippen molar-refractivity contribution in [3.05, 3.63) is 22.9 Å². The molecule has 3 heterocycles. The van der Waals surface area contributed by atoms with Crippen molar-refractivity contribution < 1.29 is 4.39 Å². The molecule has 2 aromatic heterocycles. The van der Waals surface area contributed by atoms with Gasteiger partial charge in [0.1, 0.15) is 12.0 Å². The Morgan fingerprint density at radius 3 is 2.79 bits per heavy atom. The summed E-state index contributed by atoms with van der Waals surface area (Å²) in [5.41, 5.74) is 5.59. The number of aryl methyl sites for hydroxylation is 2. The first-order valence-corrected chi connectivity index (χ1v) is 8.67. The fourth-order valence-corrected chi connectivity index (χ4v) is 4.06. The predicted molar refractivity (Wildman–Crippen MR) is 95.7 cm³/mol. The average Bonchev–Trinajstić information content (AvgIpc) is 3.13. The fourth-order valence-electron chi connectivity index (χ4n) is 4.06. The minimum absolute atomic E-state index is 0.222. The molecule has 2 aliphatic rings. The van der Waals surface area contributed by atoms with Gasteiger partial charge in [-0.15, -0.1) is 0 Å². The second-order valence-electron chi connectivity index (χ2n) is 7.01. The summed E-state index contributed by atoms with van der Waals surface area (Å²) >= 11 is 0. The molecule has 2 atom stereocenters. The molecule has 4 rings (SSSR count). The van der Waals surface area contributed by atoms with Gasteiger partial charge in [0, 0.05) is 43.0 Å². The summed E-state index contributed by atoms with van der Waals surface area (Å²) < 4.78 is 14.1. The number of likely N-dealkylation sites (N-methyl/N-ethyl adjacent to an activating group) is 1. The number of hydrogen-bond acceptors (Lipinski definition) is 5. The maximum Gasteiger partial charge on any atom is 0.164 e. The third-order valence-corrected chi connectivity index (χ3v) is 5.29. The number of rotatable bonds is 3. The molecule has 0 amide bonds. The van der Waals surface area contributed by atoms with Crippen LogP contribution in [-0.2, 0) is 12.8 Å². The Morgan fingerprint density at radius 1 is 1.25 bits per heavy atom. The lowest BCUT2D eigenvalue weighted by Crippen LogP contribution is -2.30. The summed E-state index contributed by atoms with van der Waals surface area (Å²) in [7, 11) is 3.85. The molecule has 0 bridgehead atoms. The fraction of sp³-hybridized carbons (Fsp3) is 0.556. The number of fused-ring (bicyclic) bond motifs is 2. The van der Waals surface area contributed by atoms with E-state index in [1.807, 2.05) is 25.1 Å². The maximum absolute atomic E-state index is 14.1. The molecule has 2 N–H and O–H groups in total. The topological polar surface area (TPSA) is 53.1 Å². The van der Waals surface area contributed by atoms with Crippen LogP contribution in [0.1, 0.15) is 23.2 Å². The molecule has 1 aliphatic carbocycles. The monoisotopic (exact) mass is 329 g/mol. The Morgan fingerprint density at radius 2 is 2.08 bits per heavy atom. The highest BCUT2D eigenvalue weighted by atomic mass is 19.1. The number of pyridine rings is 2. The molecule has 24 heavy (non-hydrogen) atoms. The van der Waals surface area contributed by atoms with E-state index in [1.54, 1.807) is 0 Å². The Balaban J connectivity index is 1.77. The van der Waals surface area contributed by atoms with E-state index in [4.69, 9.17) is 9.97 Å². The lowest BCUT2D eigenvalue weighted by atomic mass is 10.0. The van der Waals surface area contributed by atoms with Crippen molar-refractivity contribution in [1.29, 1.82) is 0 Å². The lowest BCUT2D eigenvalue weighted by Gasteiger charge is -2.18. The van der Waals surface area contributed by atoms with Crippen LogP contribution in [-0.4, -0.2) is 54.3 Å². The van der Waals surface area contributed by atoms with Crippen LogP contribution in [0.5, 0.6) is 0 Å². The number of nitrogens with one attached hydrogen (secondary N) is 2. The summed E-state index contributed by atoms with van der Waals surface area (Å²) in [4.78, 5) is 11.5. The first kappa shape index (κ1) is 15.6. The molecule has 0 unspecified atom stereocenters. The SMILES string of the molecule is CNc1cc(N[C@H]2CN(C)C[C@H]2F)nc2nc3c(c(C)c12)CCC3.